The predicted octanol–water partition coefficient (Wildman–Crippen LogP) is 6.47. The second-order valence-electron chi connectivity index (χ2n) is 17.3. The molecule has 5 fully saturated rings. The molecule has 2 aliphatic heterocycles. The minimum absolute atomic E-state index is 0.0507. The summed E-state index contributed by atoms with van der Waals surface area (Å²) in [5.41, 5.74) is 1.09. The maximum Gasteiger partial charge on any atom is 0.408 e. The fourth-order valence-corrected chi connectivity index (χ4v) is 10.7. The molecule has 2 heterocycles. The fraction of sp³-hybridized carbons (Fsp3) is 0.732. The Morgan fingerprint density at radius 2 is 1.54 bits per heavy atom. The third kappa shape index (κ3) is 6.81. The number of ketones is 1. The molecule has 11 heteroatoms. The highest BCUT2D eigenvalue weighted by Gasteiger charge is 2.85. The normalized spacial score (nSPS) is 31.3. The van der Waals surface area contributed by atoms with Gasteiger partial charge in [-0.2, -0.15) is 0 Å². The van der Waals surface area contributed by atoms with Crippen molar-refractivity contribution in [3.63, 3.8) is 0 Å². The Morgan fingerprint density at radius 1 is 0.846 bits per heavy atom. The molecule has 1 saturated heterocycles. The van der Waals surface area contributed by atoms with Gasteiger partial charge in [0.2, 0.25) is 17.6 Å². The SMILES string of the molecule is CC1(C)C2(CCC2)[C@@]12C[C@H]1C(=O)NC(CC3CCC3)C(=O)C(=O)Nc3ccccc3NCCCCCCC[C@H](NC(=O)OC3CCCC3)C(=O)N1C2. The lowest BCUT2D eigenvalue weighted by Crippen LogP contribution is -2.56. The molecule has 4 aliphatic carbocycles. The molecule has 7 rings (SSSR count). The van der Waals surface area contributed by atoms with Crippen LogP contribution in [-0.2, 0) is 23.9 Å². The van der Waals surface area contributed by atoms with Crippen LogP contribution in [0.25, 0.3) is 0 Å². The summed E-state index contributed by atoms with van der Waals surface area (Å²) in [5.74, 6) is -1.84. The number of para-hydroxylation sites is 2. The Hall–Kier alpha value is -3.63. The van der Waals surface area contributed by atoms with Crippen molar-refractivity contribution in [3.05, 3.63) is 24.3 Å². The highest BCUT2D eigenvalue weighted by molar-refractivity contribution is 6.42. The number of nitrogens with zero attached hydrogens (tertiary/aromatic N) is 1. The Balaban J connectivity index is 1.17. The average Bonchev–Trinajstić information content (AvgIpc) is 3.54. The van der Waals surface area contributed by atoms with Gasteiger partial charge >= 0.3 is 6.09 Å². The first-order valence-electron chi connectivity index (χ1n) is 20.3. The maximum absolute atomic E-state index is 14.8. The molecule has 1 aromatic rings. The highest BCUT2D eigenvalue weighted by Crippen LogP contribution is 2.88. The summed E-state index contributed by atoms with van der Waals surface area (Å²) in [4.78, 5) is 71.8. The number of hydrogen-bond acceptors (Lipinski definition) is 7. The monoisotopic (exact) mass is 717 g/mol. The minimum atomic E-state index is -1.00. The zero-order valence-electron chi connectivity index (χ0n) is 31.2. The standard InChI is InChI=1S/C41H59N5O6/c1-39(2)40(21-13-22-40)41(39)25-33-35(48)44-32(24-27-14-12-15-27)34(47)36(49)43-30-19-10-9-18-29(30)42-23-11-5-3-4-6-20-31(37(50)46(33)26-41)45-38(51)52-28-16-7-8-17-28/h9-10,18-19,27-28,31-33,42H,3-8,11-17,20-26H2,1-2H3,(H,43,49)(H,44,48)(H,45,51)/t31-,32?,33-,41+/m0/s1. The van der Waals surface area contributed by atoms with Crippen LogP contribution in [0.5, 0.6) is 0 Å². The van der Waals surface area contributed by atoms with E-state index in [1.165, 1.54) is 0 Å². The number of amides is 4. The Labute approximate surface area is 308 Å². The maximum atomic E-state index is 14.8. The van der Waals surface area contributed by atoms with E-state index in [0.29, 0.717) is 38.0 Å². The second kappa shape index (κ2) is 15.0. The second-order valence-corrected chi connectivity index (χ2v) is 17.3. The van der Waals surface area contributed by atoms with E-state index in [-0.39, 0.29) is 34.2 Å². The van der Waals surface area contributed by atoms with Crippen LogP contribution in [-0.4, -0.2) is 71.8 Å². The van der Waals surface area contributed by atoms with Gasteiger partial charge in [0.1, 0.15) is 18.2 Å². The summed E-state index contributed by atoms with van der Waals surface area (Å²) in [6.45, 7) is 5.69. The summed E-state index contributed by atoms with van der Waals surface area (Å²) >= 11 is 0. The third-order valence-electron chi connectivity index (χ3n) is 14.4. The summed E-state index contributed by atoms with van der Waals surface area (Å²) in [6, 6.07) is 4.75. The van der Waals surface area contributed by atoms with E-state index < -0.39 is 41.8 Å². The molecule has 0 aromatic heterocycles. The molecule has 0 radical (unpaired) electrons. The fourth-order valence-electron chi connectivity index (χ4n) is 10.7. The Morgan fingerprint density at radius 3 is 2.21 bits per heavy atom. The third-order valence-corrected chi connectivity index (χ3v) is 14.4. The van der Waals surface area contributed by atoms with Gasteiger partial charge in [-0.15, -0.1) is 0 Å². The van der Waals surface area contributed by atoms with Gasteiger partial charge < -0.3 is 30.9 Å². The number of carbonyl (C=O) groups excluding carboxylic acids is 5. The van der Waals surface area contributed by atoms with E-state index in [9.17, 15) is 24.0 Å². The number of anilines is 2. The minimum Gasteiger partial charge on any atom is -0.446 e. The molecule has 11 nitrogen and oxygen atoms in total. The number of alkyl carbamates (subject to hydrolysis) is 1. The molecule has 6 aliphatic rings. The zero-order valence-corrected chi connectivity index (χ0v) is 31.2. The first-order valence-corrected chi connectivity index (χ1v) is 20.3. The van der Waals surface area contributed by atoms with E-state index in [1.54, 1.807) is 11.0 Å². The van der Waals surface area contributed by atoms with Crippen molar-refractivity contribution in [1.82, 2.24) is 15.5 Å². The number of benzene rings is 1. The summed E-state index contributed by atoms with van der Waals surface area (Å²) < 4.78 is 5.76. The first kappa shape index (κ1) is 36.7. The van der Waals surface area contributed by atoms with Crippen molar-refractivity contribution >= 4 is 41.0 Å². The molecular formula is C41H59N5O6. The number of hydrogen-bond donors (Lipinski definition) is 4. The first-order chi connectivity index (χ1) is 25.0. The number of rotatable bonds is 4. The van der Waals surface area contributed by atoms with Crippen molar-refractivity contribution in [3.8, 4) is 0 Å². The van der Waals surface area contributed by atoms with E-state index in [0.717, 1.165) is 102 Å². The number of Topliss-reactive ketones (excluding diaryl/α,β-unsaturated/α-hetero) is 1. The Bertz CT molecular complexity index is 1530. The molecule has 284 valence electrons. The Kier molecular flexibility index (Phi) is 10.6. The molecule has 4 N–H and O–H groups in total. The number of nitrogens with one attached hydrogen (secondary N) is 4. The van der Waals surface area contributed by atoms with Gasteiger partial charge in [-0.3, -0.25) is 19.2 Å². The molecule has 2 spiro atoms. The highest BCUT2D eigenvalue weighted by atomic mass is 16.6. The van der Waals surface area contributed by atoms with Crippen molar-refractivity contribution in [2.45, 2.75) is 154 Å². The molecule has 52 heavy (non-hydrogen) atoms. The van der Waals surface area contributed by atoms with Gasteiger partial charge in [0.25, 0.3) is 5.91 Å². The summed E-state index contributed by atoms with van der Waals surface area (Å²) in [6.07, 6.45) is 15.1. The van der Waals surface area contributed by atoms with E-state index in [2.05, 4.69) is 35.1 Å². The molecule has 0 bridgehead atoms. The van der Waals surface area contributed by atoms with Gasteiger partial charge in [-0.25, -0.2) is 4.79 Å². The summed E-state index contributed by atoms with van der Waals surface area (Å²) in [5, 5.41) is 12.2. The number of fused-ring (bicyclic) bond motifs is 3. The van der Waals surface area contributed by atoms with Crippen LogP contribution in [0.4, 0.5) is 16.2 Å². The summed E-state index contributed by atoms with van der Waals surface area (Å²) in [7, 11) is 0. The quantitative estimate of drug-likeness (QED) is 0.261. The van der Waals surface area contributed by atoms with Crippen LogP contribution >= 0.6 is 0 Å². The number of ether oxygens (including phenoxy) is 1. The van der Waals surface area contributed by atoms with E-state index in [4.69, 9.17) is 4.74 Å². The zero-order chi connectivity index (χ0) is 36.5. The largest absolute Gasteiger partial charge is 0.446 e. The van der Waals surface area contributed by atoms with E-state index >= 15 is 0 Å². The average molecular weight is 718 g/mol. The van der Waals surface area contributed by atoms with Gasteiger partial charge in [0.05, 0.1) is 17.4 Å². The molecular weight excluding hydrogens is 658 g/mol. The van der Waals surface area contributed by atoms with Crippen molar-refractivity contribution in [1.29, 1.82) is 0 Å². The molecule has 4 atom stereocenters. The van der Waals surface area contributed by atoms with Crippen molar-refractivity contribution in [2.75, 3.05) is 23.7 Å². The van der Waals surface area contributed by atoms with Crippen LogP contribution in [0.2, 0.25) is 0 Å². The van der Waals surface area contributed by atoms with Crippen molar-refractivity contribution in [2.24, 2.45) is 22.2 Å². The lowest BCUT2D eigenvalue weighted by Gasteiger charge is -2.32. The van der Waals surface area contributed by atoms with Crippen LogP contribution in [0.1, 0.15) is 129 Å². The van der Waals surface area contributed by atoms with Crippen LogP contribution in [0, 0.1) is 22.2 Å². The predicted molar refractivity (Wildman–Crippen MR) is 198 cm³/mol. The molecule has 1 aromatic carbocycles. The molecule has 1 unspecified atom stereocenters. The van der Waals surface area contributed by atoms with Gasteiger partial charge in [-0.1, -0.05) is 77.3 Å². The van der Waals surface area contributed by atoms with Crippen LogP contribution in [0.15, 0.2) is 24.3 Å². The molecule has 4 amide bonds. The molecule has 4 saturated carbocycles. The van der Waals surface area contributed by atoms with Gasteiger partial charge in [-0.05, 0) is 93.1 Å². The lowest BCUT2D eigenvalue weighted by atomic mass is 9.73. The van der Waals surface area contributed by atoms with Crippen LogP contribution in [0.3, 0.4) is 0 Å². The van der Waals surface area contributed by atoms with E-state index in [1.807, 2.05) is 18.2 Å². The van der Waals surface area contributed by atoms with Gasteiger partial charge in [0, 0.05) is 18.5 Å². The lowest BCUT2D eigenvalue weighted by molar-refractivity contribution is -0.142. The van der Waals surface area contributed by atoms with Crippen molar-refractivity contribution < 1.29 is 28.7 Å². The smallest absolute Gasteiger partial charge is 0.408 e. The topological polar surface area (TPSA) is 146 Å². The van der Waals surface area contributed by atoms with Gasteiger partial charge in [0.15, 0.2) is 0 Å². The number of carbonyl (C=O) groups is 5. The van der Waals surface area contributed by atoms with Crippen LogP contribution < -0.4 is 21.3 Å².